The smallest absolute Gasteiger partial charge is 0.248 e. The van der Waals surface area contributed by atoms with E-state index in [1.54, 1.807) is 6.07 Å². The number of guanidine groups is 1. The van der Waals surface area contributed by atoms with Crippen LogP contribution in [0.1, 0.15) is 57.1 Å². The summed E-state index contributed by atoms with van der Waals surface area (Å²) in [5.74, 6) is 1.58. The number of halogens is 2. The van der Waals surface area contributed by atoms with Crippen LogP contribution in [0.3, 0.4) is 0 Å². The molecule has 2 N–H and O–H groups in total. The van der Waals surface area contributed by atoms with Crippen LogP contribution in [0.5, 0.6) is 0 Å². The fourth-order valence-corrected chi connectivity index (χ4v) is 2.67. The molecule has 1 heterocycles. The first kappa shape index (κ1) is 21.5. The van der Waals surface area contributed by atoms with Crippen LogP contribution >= 0.6 is 23.2 Å². The minimum absolute atomic E-state index is 0.0196. The first-order valence-corrected chi connectivity index (χ1v) is 9.64. The molecule has 0 amide bonds. The molecule has 0 bridgehead atoms. The summed E-state index contributed by atoms with van der Waals surface area (Å²) in [5.41, 5.74) is 1.00. The second-order valence-corrected chi connectivity index (χ2v) is 6.69. The zero-order chi connectivity index (χ0) is 19.8. The van der Waals surface area contributed by atoms with Gasteiger partial charge in [0.15, 0.2) is 11.8 Å². The lowest BCUT2D eigenvalue weighted by molar-refractivity contribution is 0.0683. The van der Waals surface area contributed by atoms with Crippen LogP contribution in [0, 0.1) is 0 Å². The van der Waals surface area contributed by atoms with E-state index in [1.807, 2.05) is 39.8 Å². The molecule has 27 heavy (non-hydrogen) atoms. The van der Waals surface area contributed by atoms with Gasteiger partial charge >= 0.3 is 0 Å². The number of hydrogen-bond donors (Lipinski definition) is 2. The van der Waals surface area contributed by atoms with E-state index < -0.39 is 0 Å². The van der Waals surface area contributed by atoms with Crippen LogP contribution in [0.25, 0.3) is 0 Å². The largest absolute Gasteiger partial charge is 0.371 e. The summed E-state index contributed by atoms with van der Waals surface area (Å²) < 4.78 is 10.7. The Morgan fingerprint density at radius 3 is 2.70 bits per heavy atom. The number of rotatable bonds is 8. The maximum absolute atomic E-state index is 6.10. The summed E-state index contributed by atoms with van der Waals surface area (Å²) in [6.45, 7) is 9.38. The highest BCUT2D eigenvalue weighted by atomic mass is 35.5. The molecule has 0 aliphatic carbocycles. The van der Waals surface area contributed by atoms with Crippen molar-refractivity contribution >= 4 is 29.2 Å². The average molecular weight is 414 g/mol. The quantitative estimate of drug-likeness (QED) is 0.495. The Bertz CT molecular complexity index is 766. The molecule has 2 unspecified atom stereocenters. The monoisotopic (exact) mass is 413 g/mol. The second kappa shape index (κ2) is 10.5. The summed E-state index contributed by atoms with van der Waals surface area (Å²) in [5, 5.41) is 11.5. The normalized spacial score (nSPS) is 14.1. The van der Waals surface area contributed by atoms with E-state index in [9.17, 15) is 0 Å². The summed E-state index contributed by atoms with van der Waals surface area (Å²) >= 11 is 12.1. The predicted octanol–water partition coefficient (Wildman–Crippen LogP) is 4.29. The van der Waals surface area contributed by atoms with Gasteiger partial charge in [-0.25, -0.2) is 4.99 Å². The molecule has 0 fully saturated rings. The van der Waals surface area contributed by atoms with Crippen molar-refractivity contribution < 1.29 is 9.26 Å². The van der Waals surface area contributed by atoms with Crippen molar-refractivity contribution in [1.82, 2.24) is 20.8 Å². The highest BCUT2D eigenvalue weighted by Crippen LogP contribution is 2.25. The third-order valence-electron chi connectivity index (χ3n) is 3.78. The lowest BCUT2D eigenvalue weighted by atomic mass is 10.1. The van der Waals surface area contributed by atoms with Crippen molar-refractivity contribution in [1.29, 1.82) is 0 Å². The van der Waals surface area contributed by atoms with Crippen molar-refractivity contribution in [3.63, 3.8) is 0 Å². The van der Waals surface area contributed by atoms with Crippen molar-refractivity contribution in [3.8, 4) is 0 Å². The Hall–Kier alpha value is -1.83. The zero-order valence-electron chi connectivity index (χ0n) is 15.9. The topological polar surface area (TPSA) is 84.6 Å². The Labute approximate surface area is 169 Å². The molecule has 7 nitrogen and oxygen atoms in total. The van der Waals surface area contributed by atoms with Crippen molar-refractivity contribution in [2.75, 3.05) is 13.2 Å². The Morgan fingerprint density at radius 1 is 1.26 bits per heavy atom. The van der Waals surface area contributed by atoms with Gasteiger partial charge in [-0.05, 0) is 45.4 Å². The van der Waals surface area contributed by atoms with Gasteiger partial charge in [-0.1, -0.05) is 34.4 Å². The van der Waals surface area contributed by atoms with E-state index >= 15 is 0 Å². The zero-order valence-corrected chi connectivity index (χ0v) is 17.4. The van der Waals surface area contributed by atoms with Crippen LogP contribution in [0.2, 0.25) is 10.0 Å². The van der Waals surface area contributed by atoms with Gasteiger partial charge in [0.05, 0.1) is 16.1 Å². The molecule has 1 aromatic carbocycles. The summed E-state index contributed by atoms with van der Waals surface area (Å²) in [7, 11) is 0. The van der Waals surface area contributed by atoms with Crippen LogP contribution in [0.4, 0.5) is 0 Å². The van der Waals surface area contributed by atoms with E-state index in [0.717, 1.165) is 12.1 Å². The molecule has 9 heteroatoms. The van der Waals surface area contributed by atoms with Crippen molar-refractivity contribution in [2.45, 2.75) is 46.4 Å². The predicted molar refractivity (Wildman–Crippen MR) is 107 cm³/mol. The summed E-state index contributed by atoms with van der Waals surface area (Å²) in [6.07, 6.45) is -0.211. The molecular formula is C18H25Cl2N5O2. The molecule has 0 radical (unpaired) electrons. The molecule has 2 aromatic rings. The Morgan fingerprint density at radius 2 is 2.04 bits per heavy atom. The van der Waals surface area contributed by atoms with Crippen LogP contribution in [0.15, 0.2) is 27.7 Å². The van der Waals surface area contributed by atoms with Crippen LogP contribution in [-0.4, -0.2) is 29.3 Å². The number of aliphatic imine (C=N–C) groups is 1. The molecule has 0 saturated carbocycles. The lowest BCUT2D eigenvalue weighted by Crippen LogP contribution is -2.38. The minimum Gasteiger partial charge on any atom is -0.371 e. The average Bonchev–Trinajstić information content (AvgIpc) is 3.11. The van der Waals surface area contributed by atoms with E-state index in [4.69, 9.17) is 32.5 Å². The third-order valence-corrected chi connectivity index (χ3v) is 4.52. The van der Waals surface area contributed by atoms with Crippen molar-refractivity contribution in [3.05, 3.63) is 45.5 Å². The molecule has 0 aliphatic heterocycles. The van der Waals surface area contributed by atoms with Crippen LogP contribution in [-0.2, 0) is 11.3 Å². The van der Waals surface area contributed by atoms with E-state index in [2.05, 4.69) is 25.8 Å². The number of aromatic nitrogens is 2. The van der Waals surface area contributed by atoms with Gasteiger partial charge < -0.3 is 19.9 Å². The van der Waals surface area contributed by atoms with Gasteiger partial charge in [0, 0.05) is 13.2 Å². The van der Waals surface area contributed by atoms with Crippen LogP contribution < -0.4 is 10.6 Å². The molecule has 0 spiro atoms. The number of nitrogens with one attached hydrogen (secondary N) is 2. The molecule has 2 rings (SSSR count). The molecule has 0 saturated heterocycles. The van der Waals surface area contributed by atoms with Gasteiger partial charge in [0.1, 0.15) is 12.6 Å². The standard InChI is InChI=1S/C18H25Cl2N5O2/c1-5-21-18(23-11(3)13-7-8-14(19)15(20)9-13)22-10-16-24-17(25-27-16)12(4)26-6-2/h7-9,11-12H,5-6,10H2,1-4H3,(H2,21,22,23). The van der Waals surface area contributed by atoms with E-state index in [0.29, 0.717) is 34.3 Å². The summed E-state index contributed by atoms with van der Waals surface area (Å²) in [4.78, 5) is 8.83. The maximum atomic E-state index is 6.10. The van der Waals surface area contributed by atoms with E-state index in [-0.39, 0.29) is 18.7 Å². The van der Waals surface area contributed by atoms with Gasteiger partial charge in [0.2, 0.25) is 5.89 Å². The van der Waals surface area contributed by atoms with Gasteiger partial charge in [-0.3, -0.25) is 0 Å². The highest BCUT2D eigenvalue weighted by Gasteiger charge is 2.14. The van der Waals surface area contributed by atoms with Gasteiger partial charge in [-0.2, -0.15) is 4.98 Å². The fraction of sp³-hybridized carbons (Fsp3) is 0.500. The Balaban J connectivity index is 2.04. The first-order chi connectivity index (χ1) is 12.9. The third kappa shape index (κ3) is 6.37. The molecule has 0 aliphatic rings. The fourth-order valence-electron chi connectivity index (χ4n) is 2.36. The molecule has 2 atom stereocenters. The number of benzene rings is 1. The lowest BCUT2D eigenvalue weighted by Gasteiger charge is -2.18. The summed E-state index contributed by atoms with van der Waals surface area (Å²) in [6, 6.07) is 5.52. The highest BCUT2D eigenvalue weighted by molar-refractivity contribution is 6.42. The van der Waals surface area contributed by atoms with Gasteiger partial charge in [-0.15, -0.1) is 0 Å². The minimum atomic E-state index is -0.211. The molecule has 1 aromatic heterocycles. The number of nitrogens with zero attached hydrogens (tertiary/aromatic N) is 3. The number of ether oxygens (including phenoxy) is 1. The van der Waals surface area contributed by atoms with E-state index in [1.165, 1.54) is 0 Å². The first-order valence-electron chi connectivity index (χ1n) is 8.88. The molecule has 148 valence electrons. The maximum Gasteiger partial charge on any atom is 0.248 e. The Kier molecular flexibility index (Phi) is 8.34. The number of hydrogen-bond acceptors (Lipinski definition) is 5. The second-order valence-electron chi connectivity index (χ2n) is 5.88. The van der Waals surface area contributed by atoms with Gasteiger partial charge in [0.25, 0.3) is 0 Å². The van der Waals surface area contributed by atoms with Crippen molar-refractivity contribution in [2.24, 2.45) is 4.99 Å². The SMILES string of the molecule is CCNC(=NCc1nc(C(C)OCC)no1)NC(C)c1ccc(Cl)c(Cl)c1. The molecular weight excluding hydrogens is 389 g/mol.